The Kier molecular flexibility index (Phi) is 6.97. The highest BCUT2D eigenvalue weighted by atomic mass is 79.9. The van der Waals surface area contributed by atoms with Crippen molar-refractivity contribution in [1.29, 1.82) is 0 Å². The number of halogens is 1. The van der Waals surface area contributed by atoms with Crippen molar-refractivity contribution < 1.29 is 4.74 Å². The summed E-state index contributed by atoms with van der Waals surface area (Å²) in [5.41, 5.74) is 3.01. The second-order valence-electron chi connectivity index (χ2n) is 10.7. The summed E-state index contributed by atoms with van der Waals surface area (Å²) in [4.78, 5) is 12.0. The normalized spacial score (nSPS) is 20.3. The Hall–Kier alpha value is -1.94. The van der Waals surface area contributed by atoms with Gasteiger partial charge in [-0.1, -0.05) is 25.7 Å². The minimum absolute atomic E-state index is 0.513. The zero-order valence-electron chi connectivity index (χ0n) is 20.4. The first-order chi connectivity index (χ1) is 16.4. The number of fused-ring (bicyclic) bond motifs is 3. The zero-order chi connectivity index (χ0) is 23.7. The maximum absolute atomic E-state index is 5.97. The number of aromatic nitrogens is 3. The van der Waals surface area contributed by atoms with Crippen LogP contribution in [0.2, 0.25) is 25.7 Å². The van der Waals surface area contributed by atoms with Gasteiger partial charge < -0.3 is 24.8 Å². The fourth-order valence-corrected chi connectivity index (χ4v) is 6.26. The summed E-state index contributed by atoms with van der Waals surface area (Å²) in [7, 11) is -1.10. The van der Waals surface area contributed by atoms with Gasteiger partial charge in [-0.2, -0.15) is 0 Å². The van der Waals surface area contributed by atoms with E-state index in [0.717, 1.165) is 58.4 Å². The van der Waals surface area contributed by atoms with Crippen molar-refractivity contribution in [1.82, 2.24) is 19.9 Å². The highest BCUT2D eigenvalue weighted by Gasteiger charge is 2.32. The van der Waals surface area contributed by atoms with Crippen LogP contribution >= 0.6 is 15.9 Å². The predicted molar refractivity (Wildman–Crippen MR) is 145 cm³/mol. The van der Waals surface area contributed by atoms with Gasteiger partial charge in [0.15, 0.2) is 0 Å². The van der Waals surface area contributed by atoms with Gasteiger partial charge in [-0.3, -0.25) is 0 Å². The highest BCUT2D eigenvalue weighted by molar-refractivity contribution is 9.10. The van der Waals surface area contributed by atoms with Gasteiger partial charge in [0.1, 0.15) is 18.2 Å². The molecule has 0 aromatic carbocycles. The molecule has 2 aliphatic rings. The molecule has 0 spiro atoms. The lowest BCUT2D eigenvalue weighted by molar-refractivity contribution is 0.0898. The fourth-order valence-electron chi connectivity index (χ4n) is 4.86. The third-order valence-electron chi connectivity index (χ3n) is 6.73. The monoisotopic (exact) mass is 542 g/mol. The Balaban J connectivity index is 1.26. The third-order valence-corrected chi connectivity index (χ3v) is 9.04. The number of rotatable bonds is 9. The van der Waals surface area contributed by atoms with Gasteiger partial charge >= 0.3 is 0 Å². The van der Waals surface area contributed by atoms with Crippen LogP contribution in [0.1, 0.15) is 18.5 Å². The molecule has 1 unspecified atom stereocenters. The van der Waals surface area contributed by atoms with E-state index in [1.807, 2.05) is 12.3 Å². The lowest BCUT2D eigenvalue weighted by Gasteiger charge is -2.33. The topological polar surface area (TPSA) is 67.2 Å². The Morgan fingerprint density at radius 1 is 1.18 bits per heavy atom. The summed E-state index contributed by atoms with van der Waals surface area (Å²) >= 11 is 3.74. The summed E-state index contributed by atoms with van der Waals surface area (Å²) in [6.07, 6.45) is 6.47. The van der Waals surface area contributed by atoms with Crippen LogP contribution < -0.4 is 15.5 Å². The summed E-state index contributed by atoms with van der Waals surface area (Å²) in [5.74, 6) is 1.08. The summed E-state index contributed by atoms with van der Waals surface area (Å²) in [5, 5.41) is 8.37. The lowest BCUT2D eigenvalue weighted by atomic mass is 10.2. The lowest BCUT2D eigenvalue weighted by Crippen LogP contribution is -2.51. The van der Waals surface area contributed by atoms with E-state index in [1.54, 1.807) is 0 Å². The van der Waals surface area contributed by atoms with Gasteiger partial charge in [-0.05, 0) is 53.0 Å². The quantitative estimate of drug-likeness (QED) is 0.291. The maximum Gasteiger partial charge on any atom is 0.145 e. The first kappa shape index (κ1) is 23.8. The standard InChI is InChI=1S/C25H35BrN6OSi/c1-34(2,3)12-11-33-17-32-16-21(26)24-22(9-10-27-25(24)32)28-13-18-5-4-6-23(30-18)31-14-19-7-8-20(15-31)29-19/h4-6,9-10,16,19-20,29H,7-8,11-15,17H2,1-3H3,(H,27,28)/t19-,20?/m0/s1. The average molecular weight is 544 g/mol. The molecule has 9 heteroatoms. The van der Waals surface area contributed by atoms with Crippen LogP contribution in [-0.4, -0.2) is 54.4 Å². The molecular weight excluding hydrogens is 508 g/mol. The van der Waals surface area contributed by atoms with Gasteiger partial charge in [0.25, 0.3) is 0 Å². The predicted octanol–water partition coefficient (Wildman–Crippen LogP) is 5.06. The molecule has 34 heavy (non-hydrogen) atoms. The smallest absolute Gasteiger partial charge is 0.145 e. The van der Waals surface area contributed by atoms with Crippen molar-refractivity contribution in [2.45, 2.75) is 63.9 Å². The number of hydrogen-bond acceptors (Lipinski definition) is 6. The number of anilines is 2. The molecule has 2 atom stereocenters. The van der Waals surface area contributed by atoms with E-state index in [2.05, 4.69) is 85.1 Å². The molecule has 2 bridgehead atoms. The van der Waals surface area contributed by atoms with Crippen LogP contribution in [0, 0.1) is 0 Å². The second-order valence-corrected chi connectivity index (χ2v) is 17.2. The van der Waals surface area contributed by atoms with Crippen molar-refractivity contribution in [2.24, 2.45) is 0 Å². The average Bonchev–Trinajstić information content (AvgIpc) is 3.33. The Morgan fingerprint density at radius 3 is 2.74 bits per heavy atom. The zero-order valence-corrected chi connectivity index (χ0v) is 22.9. The SMILES string of the molecule is C[Si](C)(C)CCOCn1cc(Br)c2c(NCc3cccc(N4CC5CC[C@@H](C4)N5)n3)ccnc21. The van der Waals surface area contributed by atoms with Gasteiger partial charge in [0.05, 0.1) is 17.6 Å². The third kappa shape index (κ3) is 5.48. The molecule has 2 fully saturated rings. The van der Waals surface area contributed by atoms with Crippen molar-refractivity contribution in [3.63, 3.8) is 0 Å². The first-order valence-corrected chi connectivity index (χ1v) is 16.8. The molecule has 5 rings (SSSR count). The van der Waals surface area contributed by atoms with Crippen LogP contribution in [0.4, 0.5) is 11.5 Å². The molecule has 2 N–H and O–H groups in total. The number of piperazine rings is 1. The molecule has 3 aromatic heterocycles. The number of nitrogens with zero attached hydrogens (tertiary/aromatic N) is 4. The van der Waals surface area contributed by atoms with Crippen LogP contribution in [0.25, 0.3) is 11.0 Å². The molecule has 3 aromatic rings. The maximum atomic E-state index is 5.97. The fraction of sp³-hybridized carbons (Fsp3) is 0.520. The molecule has 2 aliphatic heterocycles. The number of nitrogens with one attached hydrogen (secondary N) is 2. The second kappa shape index (κ2) is 9.97. The van der Waals surface area contributed by atoms with Crippen LogP contribution in [-0.2, 0) is 18.0 Å². The van der Waals surface area contributed by atoms with Gasteiger partial charge in [-0.15, -0.1) is 0 Å². The Morgan fingerprint density at radius 2 is 1.97 bits per heavy atom. The van der Waals surface area contributed by atoms with E-state index >= 15 is 0 Å². The summed E-state index contributed by atoms with van der Waals surface area (Å²) in [6.45, 7) is 11.2. The Labute approximate surface area is 211 Å². The van der Waals surface area contributed by atoms with Crippen molar-refractivity contribution in [2.75, 3.05) is 29.9 Å². The molecule has 0 aliphatic carbocycles. The molecule has 0 amide bonds. The van der Waals surface area contributed by atoms with Crippen LogP contribution in [0.3, 0.4) is 0 Å². The minimum Gasteiger partial charge on any atom is -0.379 e. The van der Waals surface area contributed by atoms with E-state index in [0.29, 0.717) is 25.4 Å². The molecule has 2 saturated heterocycles. The van der Waals surface area contributed by atoms with E-state index < -0.39 is 8.07 Å². The highest BCUT2D eigenvalue weighted by Crippen LogP contribution is 2.32. The van der Waals surface area contributed by atoms with E-state index in [1.165, 1.54) is 12.8 Å². The van der Waals surface area contributed by atoms with Crippen molar-refractivity contribution in [3.8, 4) is 0 Å². The number of pyridine rings is 2. The molecule has 0 saturated carbocycles. The molecule has 0 radical (unpaired) electrons. The van der Waals surface area contributed by atoms with Gasteiger partial charge in [0, 0.05) is 62.4 Å². The summed E-state index contributed by atoms with van der Waals surface area (Å²) < 4.78 is 9.07. The largest absolute Gasteiger partial charge is 0.379 e. The molecular formula is C25H35BrN6OSi. The van der Waals surface area contributed by atoms with Gasteiger partial charge in [0.2, 0.25) is 0 Å². The van der Waals surface area contributed by atoms with E-state index in [-0.39, 0.29) is 0 Å². The molecule has 182 valence electrons. The summed E-state index contributed by atoms with van der Waals surface area (Å²) in [6, 6.07) is 10.8. The first-order valence-electron chi connectivity index (χ1n) is 12.3. The molecule has 5 heterocycles. The number of ether oxygens (including phenoxy) is 1. The number of hydrogen-bond donors (Lipinski definition) is 2. The molecule has 7 nitrogen and oxygen atoms in total. The van der Waals surface area contributed by atoms with Crippen LogP contribution in [0.15, 0.2) is 41.1 Å². The van der Waals surface area contributed by atoms with E-state index in [9.17, 15) is 0 Å². The van der Waals surface area contributed by atoms with Crippen molar-refractivity contribution in [3.05, 3.63) is 46.8 Å². The minimum atomic E-state index is -1.10. The van der Waals surface area contributed by atoms with E-state index in [4.69, 9.17) is 9.72 Å². The van der Waals surface area contributed by atoms with Gasteiger partial charge in [-0.25, -0.2) is 9.97 Å². The van der Waals surface area contributed by atoms with Crippen LogP contribution in [0.5, 0.6) is 0 Å². The Bertz CT molecular complexity index is 1130. The van der Waals surface area contributed by atoms with Crippen molar-refractivity contribution >= 4 is 46.5 Å².